The van der Waals surface area contributed by atoms with Gasteiger partial charge in [-0.2, -0.15) is 0 Å². The van der Waals surface area contributed by atoms with Crippen molar-refractivity contribution in [1.82, 2.24) is 4.98 Å². The highest BCUT2D eigenvalue weighted by atomic mass is 127. The normalized spacial score (nSPS) is 10.7. The molecule has 0 spiro atoms. The van der Waals surface area contributed by atoms with Crippen molar-refractivity contribution >= 4 is 33.5 Å². The Kier molecular flexibility index (Phi) is 2.82. The minimum atomic E-state index is 0.932. The first-order chi connectivity index (χ1) is 7.13. The lowest BCUT2D eigenvalue weighted by Crippen LogP contribution is -1.95. The molecular weight excluding hydrogens is 301 g/mol. The number of ether oxygens (including phenoxy) is 1. The third-order valence-corrected chi connectivity index (χ3v) is 3.68. The molecule has 15 heavy (non-hydrogen) atoms. The Labute approximate surface area is 103 Å². The second-order valence-electron chi connectivity index (χ2n) is 3.57. The number of aryl methyl sites for hydroxylation is 2. The van der Waals surface area contributed by atoms with Gasteiger partial charge in [0.1, 0.15) is 5.75 Å². The van der Waals surface area contributed by atoms with Crippen molar-refractivity contribution in [2.24, 2.45) is 0 Å². The van der Waals surface area contributed by atoms with Crippen LogP contribution in [0.3, 0.4) is 0 Å². The number of rotatable bonds is 1. The molecule has 2 aromatic rings. The summed E-state index contributed by atoms with van der Waals surface area (Å²) in [6.45, 7) is 4.08. The fourth-order valence-electron chi connectivity index (χ4n) is 1.64. The third-order valence-electron chi connectivity index (χ3n) is 2.41. The second kappa shape index (κ2) is 3.96. The number of nitrogens with zero attached hydrogens (tertiary/aromatic N) is 1. The molecule has 0 saturated carbocycles. The maximum absolute atomic E-state index is 5.45. The van der Waals surface area contributed by atoms with E-state index in [1.807, 2.05) is 13.0 Å². The average Bonchev–Trinajstić information content (AvgIpc) is 2.21. The molecule has 0 aliphatic rings. The minimum Gasteiger partial charge on any atom is -0.495 e. The number of aromatic nitrogens is 1. The van der Waals surface area contributed by atoms with E-state index in [1.54, 1.807) is 7.11 Å². The van der Waals surface area contributed by atoms with Crippen molar-refractivity contribution in [2.45, 2.75) is 13.8 Å². The van der Waals surface area contributed by atoms with Crippen LogP contribution < -0.4 is 4.74 Å². The Morgan fingerprint density at radius 2 is 2.00 bits per heavy atom. The van der Waals surface area contributed by atoms with E-state index >= 15 is 0 Å². The number of fused-ring (bicyclic) bond motifs is 1. The van der Waals surface area contributed by atoms with Crippen LogP contribution in [0.25, 0.3) is 10.9 Å². The van der Waals surface area contributed by atoms with Crippen LogP contribution in [0.15, 0.2) is 18.2 Å². The molecule has 0 saturated heterocycles. The highest BCUT2D eigenvalue weighted by molar-refractivity contribution is 14.1. The van der Waals surface area contributed by atoms with Crippen LogP contribution >= 0.6 is 22.6 Å². The zero-order chi connectivity index (χ0) is 11.0. The Bertz CT molecular complexity index is 523. The van der Waals surface area contributed by atoms with Gasteiger partial charge in [0.05, 0.1) is 21.9 Å². The van der Waals surface area contributed by atoms with E-state index in [-0.39, 0.29) is 0 Å². The van der Waals surface area contributed by atoms with Gasteiger partial charge in [0.15, 0.2) is 0 Å². The van der Waals surface area contributed by atoms with E-state index in [4.69, 9.17) is 4.74 Å². The first kappa shape index (κ1) is 10.7. The molecule has 1 aromatic carbocycles. The summed E-state index contributed by atoms with van der Waals surface area (Å²) >= 11 is 2.28. The molecule has 0 aliphatic carbocycles. The fourth-order valence-corrected chi connectivity index (χ4v) is 2.27. The molecule has 0 atom stereocenters. The molecule has 3 heteroatoms. The van der Waals surface area contributed by atoms with Crippen LogP contribution in [0.2, 0.25) is 0 Å². The van der Waals surface area contributed by atoms with Gasteiger partial charge in [-0.1, -0.05) is 11.6 Å². The summed E-state index contributed by atoms with van der Waals surface area (Å²) in [6, 6.07) is 6.22. The highest BCUT2D eigenvalue weighted by Gasteiger charge is 2.10. The van der Waals surface area contributed by atoms with Gasteiger partial charge in [-0.05, 0) is 48.6 Å². The van der Waals surface area contributed by atoms with E-state index in [0.29, 0.717) is 0 Å². The van der Waals surface area contributed by atoms with Gasteiger partial charge in [-0.25, -0.2) is 0 Å². The minimum absolute atomic E-state index is 0.932. The van der Waals surface area contributed by atoms with Crippen LogP contribution in [0.4, 0.5) is 0 Å². The lowest BCUT2D eigenvalue weighted by atomic mass is 10.1. The van der Waals surface area contributed by atoms with Crippen molar-refractivity contribution < 1.29 is 4.74 Å². The van der Waals surface area contributed by atoms with Gasteiger partial charge in [-0.15, -0.1) is 0 Å². The standard InChI is InChI=1S/C12H12INO/c1-7-4-5-10-9(6-7)12(15-3)11(13)8(2)14-10/h4-6H,1-3H3. The molecule has 1 aromatic heterocycles. The van der Waals surface area contributed by atoms with Gasteiger partial charge < -0.3 is 4.74 Å². The van der Waals surface area contributed by atoms with Crippen LogP contribution in [0, 0.1) is 17.4 Å². The molecule has 0 fully saturated rings. The number of hydrogen-bond acceptors (Lipinski definition) is 2. The van der Waals surface area contributed by atoms with Gasteiger partial charge in [0.2, 0.25) is 0 Å². The zero-order valence-electron chi connectivity index (χ0n) is 8.97. The molecule has 0 unspecified atom stereocenters. The van der Waals surface area contributed by atoms with Crippen molar-refractivity contribution in [3.05, 3.63) is 33.0 Å². The fraction of sp³-hybridized carbons (Fsp3) is 0.250. The van der Waals surface area contributed by atoms with Crippen molar-refractivity contribution in [3.63, 3.8) is 0 Å². The maximum Gasteiger partial charge on any atom is 0.143 e. The topological polar surface area (TPSA) is 22.1 Å². The second-order valence-corrected chi connectivity index (χ2v) is 4.64. The Balaban J connectivity index is 2.89. The molecule has 2 nitrogen and oxygen atoms in total. The van der Waals surface area contributed by atoms with E-state index in [1.165, 1.54) is 5.56 Å². The molecule has 78 valence electrons. The summed E-state index contributed by atoms with van der Waals surface area (Å²) in [6.07, 6.45) is 0. The summed E-state index contributed by atoms with van der Waals surface area (Å²) in [5.74, 6) is 0.932. The molecule has 2 rings (SSSR count). The summed E-state index contributed by atoms with van der Waals surface area (Å²) < 4.78 is 6.54. The summed E-state index contributed by atoms with van der Waals surface area (Å²) in [7, 11) is 1.71. The number of hydrogen-bond donors (Lipinski definition) is 0. The smallest absolute Gasteiger partial charge is 0.143 e. The van der Waals surface area contributed by atoms with Gasteiger partial charge in [-0.3, -0.25) is 4.98 Å². The van der Waals surface area contributed by atoms with Crippen molar-refractivity contribution in [3.8, 4) is 5.75 Å². The summed E-state index contributed by atoms with van der Waals surface area (Å²) in [5, 5.41) is 1.09. The number of benzene rings is 1. The maximum atomic E-state index is 5.45. The van der Waals surface area contributed by atoms with Crippen LogP contribution in [0.5, 0.6) is 5.75 Å². The predicted molar refractivity (Wildman–Crippen MR) is 70.5 cm³/mol. The molecule has 0 amide bonds. The third kappa shape index (κ3) is 1.80. The van der Waals surface area contributed by atoms with Crippen LogP contribution in [-0.2, 0) is 0 Å². The molecule has 0 bridgehead atoms. The predicted octanol–water partition coefficient (Wildman–Crippen LogP) is 3.46. The number of pyridine rings is 1. The zero-order valence-corrected chi connectivity index (χ0v) is 11.1. The van der Waals surface area contributed by atoms with Crippen molar-refractivity contribution in [2.75, 3.05) is 7.11 Å². The van der Waals surface area contributed by atoms with E-state index in [0.717, 1.165) is 25.9 Å². The largest absolute Gasteiger partial charge is 0.495 e. The Morgan fingerprint density at radius 1 is 1.27 bits per heavy atom. The highest BCUT2D eigenvalue weighted by Crippen LogP contribution is 2.31. The van der Waals surface area contributed by atoms with E-state index in [9.17, 15) is 0 Å². The first-order valence-electron chi connectivity index (χ1n) is 4.74. The lowest BCUT2D eigenvalue weighted by molar-refractivity contribution is 0.416. The van der Waals surface area contributed by atoms with Gasteiger partial charge in [0, 0.05) is 5.39 Å². The Morgan fingerprint density at radius 3 is 2.67 bits per heavy atom. The molecule has 0 aliphatic heterocycles. The SMILES string of the molecule is COc1c(I)c(C)nc2ccc(C)cc12. The average molecular weight is 313 g/mol. The number of methoxy groups -OCH3 is 1. The van der Waals surface area contributed by atoms with Crippen LogP contribution in [0.1, 0.15) is 11.3 Å². The van der Waals surface area contributed by atoms with Crippen LogP contribution in [-0.4, -0.2) is 12.1 Å². The first-order valence-corrected chi connectivity index (χ1v) is 5.82. The molecule has 0 N–H and O–H groups in total. The van der Waals surface area contributed by atoms with Gasteiger partial charge in [0.25, 0.3) is 0 Å². The quantitative estimate of drug-likeness (QED) is 0.752. The molecule has 0 radical (unpaired) electrons. The van der Waals surface area contributed by atoms with E-state index < -0.39 is 0 Å². The molecule has 1 heterocycles. The lowest BCUT2D eigenvalue weighted by Gasteiger charge is -2.10. The number of halogens is 1. The van der Waals surface area contributed by atoms with E-state index in [2.05, 4.69) is 46.6 Å². The van der Waals surface area contributed by atoms with Gasteiger partial charge >= 0.3 is 0 Å². The summed E-state index contributed by atoms with van der Waals surface area (Å²) in [5.41, 5.74) is 3.24. The summed E-state index contributed by atoms with van der Waals surface area (Å²) in [4.78, 5) is 4.54. The molecular formula is C12H12INO. The monoisotopic (exact) mass is 313 g/mol. The Hall–Kier alpha value is -0.840. The van der Waals surface area contributed by atoms with Crippen molar-refractivity contribution in [1.29, 1.82) is 0 Å².